The van der Waals surface area contributed by atoms with Crippen LogP contribution in [0.4, 0.5) is 5.69 Å². The maximum absolute atomic E-state index is 11.5. The van der Waals surface area contributed by atoms with Crippen LogP contribution in [0.5, 0.6) is 0 Å². The maximum atomic E-state index is 11.5. The van der Waals surface area contributed by atoms with Crippen molar-refractivity contribution in [2.24, 2.45) is 0 Å². The fraction of sp³-hybridized carbons (Fsp3) is 0.308. The van der Waals surface area contributed by atoms with Gasteiger partial charge in [-0.15, -0.1) is 0 Å². The second-order valence-electron chi connectivity index (χ2n) is 3.87. The maximum Gasteiger partial charge on any atom is 0.310 e. The average Bonchev–Trinajstić information content (AvgIpc) is 2.35. The van der Waals surface area contributed by atoms with E-state index in [2.05, 4.69) is 5.32 Å². The number of rotatable bonds is 3. The Balaban J connectivity index is 2.31. The molecule has 0 aromatic heterocycles. The molecule has 3 nitrogen and oxygen atoms in total. The van der Waals surface area contributed by atoms with Crippen molar-refractivity contribution in [2.75, 3.05) is 11.9 Å². The number of carbonyl (C=O) groups is 1. The van der Waals surface area contributed by atoms with Crippen LogP contribution < -0.4 is 5.32 Å². The largest absolute Gasteiger partial charge is 0.466 e. The third-order valence-corrected chi connectivity index (χ3v) is 3.49. The van der Waals surface area contributed by atoms with Crippen molar-refractivity contribution in [3.05, 3.63) is 35.4 Å². The first kappa shape index (κ1) is 13.2. The van der Waals surface area contributed by atoms with Crippen LogP contribution in [0.15, 0.2) is 29.8 Å². The molecule has 0 amide bonds. The van der Waals surface area contributed by atoms with Gasteiger partial charge in [-0.1, -0.05) is 41.4 Å². The molecule has 1 aliphatic heterocycles. The number of hydrogen-bond donors (Lipinski definition) is 1. The number of benzene rings is 1. The molecule has 5 heteroatoms. The minimum atomic E-state index is -0.489. The zero-order valence-electron chi connectivity index (χ0n) is 9.87. The summed E-state index contributed by atoms with van der Waals surface area (Å²) in [6.45, 7) is 2.11. The lowest BCUT2D eigenvalue weighted by molar-refractivity contribution is -0.142. The Labute approximate surface area is 116 Å². The highest BCUT2D eigenvalue weighted by Gasteiger charge is 2.26. The molecule has 96 valence electrons. The molecule has 1 heterocycles. The number of halogens is 2. The number of carbonyl (C=O) groups excluding carboxylic acids is 1. The normalized spacial score (nSPS) is 18.1. The SMILES string of the molecule is CCOC(=O)CC1=C(Cl)c2ccccc2N[C@@H]1Cl. The van der Waals surface area contributed by atoms with Gasteiger partial charge in [0.05, 0.1) is 18.1 Å². The molecular formula is C13H13Cl2NO2. The second kappa shape index (κ2) is 5.63. The number of alkyl halides is 1. The number of nitrogens with one attached hydrogen (secondary N) is 1. The monoisotopic (exact) mass is 285 g/mol. The fourth-order valence-corrected chi connectivity index (χ4v) is 2.54. The molecule has 1 aliphatic rings. The number of hydrogen-bond acceptors (Lipinski definition) is 3. The van der Waals surface area contributed by atoms with Gasteiger partial charge >= 0.3 is 5.97 Å². The zero-order valence-corrected chi connectivity index (χ0v) is 11.4. The summed E-state index contributed by atoms with van der Waals surface area (Å²) in [5, 5.41) is 3.63. The molecule has 1 atom stereocenters. The fourth-order valence-electron chi connectivity index (χ4n) is 1.84. The summed E-state index contributed by atoms with van der Waals surface area (Å²) in [5.41, 5.74) is 1.89. The van der Waals surface area contributed by atoms with E-state index in [4.69, 9.17) is 27.9 Å². The predicted octanol–water partition coefficient (Wildman–Crippen LogP) is 3.58. The quantitative estimate of drug-likeness (QED) is 0.524. The van der Waals surface area contributed by atoms with Crippen molar-refractivity contribution in [3.8, 4) is 0 Å². The van der Waals surface area contributed by atoms with Crippen molar-refractivity contribution >= 4 is 39.9 Å². The standard InChI is InChI=1S/C13H13Cl2NO2/c1-2-18-11(17)7-9-12(14)8-5-3-4-6-10(8)16-13(9)15/h3-6,13,16H,2,7H2,1H3/t13-/m0/s1. The van der Waals surface area contributed by atoms with E-state index in [1.807, 2.05) is 24.3 Å². The van der Waals surface area contributed by atoms with Crippen molar-refractivity contribution in [2.45, 2.75) is 18.8 Å². The average molecular weight is 286 g/mol. The lowest BCUT2D eigenvalue weighted by Crippen LogP contribution is -2.23. The van der Waals surface area contributed by atoms with E-state index in [-0.39, 0.29) is 12.4 Å². The van der Waals surface area contributed by atoms with Crippen LogP contribution in [0.25, 0.3) is 5.03 Å². The van der Waals surface area contributed by atoms with Crippen LogP contribution in [0.2, 0.25) is 0 Å². The number of para-hydroxylation sites is 1. The molecular weight excluding hydrogens is 273 g/mol. The van der Waals surface area contributed by atoms with Gasteiger partial charge in [0.1, 0.15) is 5.50 Å². The van der Waals surface area contributed by atoms with Crippen molar-refractivity contribution < 1.29 is 9.53 Å². The first-order valence-electron chi connectivity index (χ1n) is 5.67. The number of ether oxygens (including phenoxy) is 1. The number of anilines is 1. The van der Waals surface area contributed by atoms with Gasteiger partial charge in [0.25, 0.3) is 0 Å². The van der Waals surface area contributed by atoms with E-state index in [1.54, 1.807) is 6.92 Å². The van der Waals surface area contributed by atoms with Gasteiger partial charge in [0.2, 0.25) is 0 Å². The van der Waals surface area contributed by atoms with Crippen molar-refractivity contribution in [1.29, 1.82) is 0 Å². The topological polar surface area (TPSA) is 38.3 Å². The minimum absolute atomic E-state index is 0.0994. The summed E-state index contributed by atoms with van der Waals surface area (Å²) < 4.78 is 4.91. The summed E-state index contributed by atoms with van der Waals surface area (Å²) in [5.74, 6) is -0.322. The molecule has 2 rings (SSSR count). The molecule has 0 fully saturated rings. The van der Waals surface area contributed by atoms with E-state index < -0.39 is 5.50 Å². The summed E-state index contributed by atoms with van der Waals surface area (Å²) >= 11 is 12.5. The van der Waals surface area contributed by atoms with Gasteiger partial charge in [0, 0.05) is 11.3 Å². The molecule has 1 N–H and O–H groups in total. The Morgan fingerprint density at radius 3 is 2.89 bits per heavy atom. The highest BCUT2D eigenvalue weighted by Crippen LogP contribution is 2.38. The summed E-state index contributed by atoms with van der Waals surface area (Å²) in [6, 6.07) is 7.57. The first-order chi connectivity index (χ1) is 8.63. The molecule has 0 saturated heterocycles. The first-order valence-corrected chi connectivity index (χ1v) is 6.49. The molecule has 0 spiro atoms. The van der Waals surface area contributed by atoms with Crippen LogP contribution in [0.3, 0.4) is 0 Å². The zero-order chi connectivity index (χ0) is 13.1. The van der Waals surface area contributed by atoms with Crippen LogP contribution in [0.1, 0.15) is 18.9 Å². The third kappa shape index (κ3) is 2.62. The third-order valence-electron chi connectivity index (χ3n) is 2.67. The van der Waals surface area contributed by atoms with Crippen molar-refractivity contribution in [3.63, 3.8) is 0 Å². The lowest BCUT2D eigenvalue weighted by atomic mass is 10.0. The Morgan fingerprint density at radius 1 is 1.44 bits per heavy atom. The van der Waals surface area contributed by atoms with Gasteiger partial charge in [-0.3, -0.25) is 4.79 Å². The Kier molecular flexibility index (Phi) is 4.15. The van der Waals surface area contributed by atoms with E-state index in [0.717, 1.165) is 11.3 Å². The number of fused-ring (bicyclic) bond motifs is 1. The summed E-state index contributed by atoms with van der Waals surface area (Å²) in [7, 11) is 0. The predicted molar refractivity (Wildman–Crippen MR) is 73.7 cm³/mol. The Bertz CT molecular complexity index is 500. The molecule has 18 heavy (non-hydrogen) atoms. The molecule has 0 saturated carbocycles. The highest BCUT2D eigenvalue weighted by molar-refractivity contribution is 6.51. The Morgan fingerprint density at radius 2 is 2.17 bits per heavy atom. The molecule has 0 aliphatic carbocycles. The van der Waals surface area contributed by atoms with E-state index in [1.165, 1.54) is 0 Å². The molecule has 0 unspecified atom stereocenters. The minimum Gasteiger partial charge on any atom is -0.466 e. The van der Waals surface area contributed by atoms with Gasteiger partial charge in [-0.05, 0) is 18.6 Å². The molecule has 0 bridgehead atoms. The second-order valence-corrected chi connectivity index (χ2v) is 4.69. The number of esters is 1. The highest BCUT2D eigenvalue weighted by atomic mass is 35.5. The molecule has 1 aromatic rings. The van der Waals surface area contributed by atoms with Gasteiger partial charge in [-0.25, -0.2) is 0 Å². The molecule has 0 radical (unpaired) electrons. The van der Waals surface area contributed by atoms with E-state index in [0.29, 0.717) is 17.2 Å². The van der Waals surface area contributed by atoms with Crippen LogP contribution in [-0.4, -0.2) is 18.1 Å². The lowest BCUT2D eigenvalue weighted by Gasteiger charge is -2.25. The molecule has 1 aromatic carbocycles. The Hall–Kier alpha value is -1.19. The summed E-state index contributed by atoms with van der Waals surface area (Å²) in [4.78, 5) is 11.5. The van der Waals surface area contributed by atoms with Gasteiger partial charge in [0.15, 0.2) is 0 Å². The van der Waals surface area contributed by atoms with E-state index in [9.17, 15) is 4.79 Å². The van der Waals surface area contributed by atoms with Crippen LogP contribution >= 0.6 is 23.2 Å². The summed E-state index contributed by atoms with van der Waals surface area (Å²) in [6.07, 6.45) is 0.0994. The van der Waals surface area contributed by atoms with Crippen LogP contribution in [-0.2, 0) is 9.53 Å². The van der Waals surface area contributed by atoms with E-state index >= 15 is 0 Å². The van der Waals surface area contributed by atoms with Gasteiger partial charge in [-0.2, -0.15) is 0 Å². The van der Waals surface area contributed by atoms with Crippen LogP contribution in [0, 0.1) is 0 Å². The smallest absolute Gasteiger partial charge is 0.310 e. The van der Waals surface area contributed by atoms with Crippen molar-refractivity contribution in [1.82, 2.24) is 0 Å². The van der Waals surface area contributed by atoms with Gasteiger partial charge < -0.3 is 10.1 Å².